The van der Waals surface area contributed by atoms with Crippen LogP contribution in [0.5, 0.6) is 0 Å². The summed E-state index contributed by atoms with van der Waals surface area (Å²) >= 11 is 0. The number of carbonyl (C=O) groups excluding carboxylic acids is 2. The molecule has 1 aliphatic heterocycles. The lowest BCUT2D eigenvalue weighted by Gasteiger charge is -2.29. The van der Waals surface area contributed by atoms with Crippen LogP contribution in [0.1, 0.15) is 30.1 Å². The van der Waals surface area contributed by atoms with E-state index in [-0.39, 0.29) is 18.2 Å². The number of hydrogen-bond donors (Lipinski definition) is 2. The molecule has 2 N–H and O–H groups in total. The van der Waals surface area contributed by atoms with Crippen molar-refractivity contribution in [3.63, 3.8) is 0 Å². The third-order valence-corrected chi connectivity index (χ3v) is 3.73. The van der Waals surface area contributed by atoms with Gasteiger partial charge in [-0.3, -0.25) is 19.3 Å². The van der Waals surface area contributed by atoms with E-state index in [0.717, 1.165) is 13.0 Å². The zero-order valence-corrected chi connectivity index (χ0v) is 12.5. The van der Waals surface area contributed by atoms with E-state index in [1.165, 1.54) is 6.92 Å². The first kappa shape index (κ1) is 16.2. The second-order valence-electron chi connectivity index (χ2n) is 5.60. The van der Waals surface area contributed by atoms with Crippen molar-refractivity contribution in [3.05, 3.63) is 29.8 Å². The molecule has 1 heterocycles. The van der Waals surface area contributed by atoms with Crippen LogP contribution in [0, 0.1) is 5.92 Å². The van der Waals surface area contributed by atoms with Gasteiger partial charge >= 0.3 is 5.97 Å². The van der Waals surface area contributed by atoms with Crippen molar-refractivity contribution < 1.29 is 19.5 Å². The molecule has 1 saturated heterocycles. The average Bonchev–Trinajstić information content (AvgIpc) is 2.47. The standard InChI is InChI=1S/C16H20N2O4/c1-11(19)17-14-6-2-4-12(8-14)15(20)10-18-7-3-5-13(9-18)16(21)22/h2,4,6,8,13H,3,5,7,9-10H2,1H3,(H,17,19)(H,21,22). The Balaban J connectivity index is 1.99. The number of carbonyl (C=O) groups is 3. The van der Waals surface area contributed by atoms with Gasteiger partial charge in [0.25, 0.3) is 0 Å². The van der Waals surface area contributed by atoms with Crippen LogP contribution < -0.4 is 5.32 Å². The molecule has 1 aromatic rings. The number of hydrogen-bond acceptors (Lipinski definition) is 4. The maximum atomic E-state index is 12.3. The highest BCUT2D eigenvalue weighted by atomic mass is 16.4. The number of nitrogens with zero attached hydrogens (tertiary/aromatic N) is 1. The number of amides is 1. The van der Waals surface area contributed by atoms with Crippen LogP contribution in [0.3, 0.4) is 0 Å². The van der Waals surface area contributed by atoms with Gasteiger partial charge in [0, 0.05) is 24.7 Å². The van der Waals surface area contributed by atoms with Crippen LogP contribution in [0.25, 0.3) is 0 Å². The van der Waals surface area contributed by atoms with E-state index in [1.54, 1.807) is 24.3 Å². The van der Waals surface area contributed by atoms with Crippen LogP contribution in [0.2, 0.25) is 0 Å². The molecule has 118 valence electrons. The zero-order valence-electron chi connectivity index (χ0n) is 12.5. The molecule has 0 radical (unpaired) electrons. The van der Waals surface area contributed by atoms with E-state index >= 15 is 0 Å². The Kier molecular flexibility index (Phi) is 5.27. The van der Waals surface area contributed by atoms with Gasteiger partial charge in [-0.25, -0.2) is 0 Å². The van der Waals surface area contributed by atoms with Crippen molar-refractivity contribution in [1.29, 1.82) is 0 Å². The van der Waals surface area contributed by atoms with Gasteiger partial charge in [0.15, 0.2) is 5.78 Å². The number of likely N-dealkylation sites (tertiary alicyclic amines) is 1. The van der Waals surface area contributed by atoms with E-state index < -0.39 is 11.9 Å². The molecule has 0 spiro atoms. The molecule has 0 bridgehead atoms. The number of carboxylic acids is 1. The SMILES string of the molecule is CC(=O)Nc1cccc(C(=O)CN2CCCC(C(=O)O)C2)c1. The number of anilines is 1. The van der Waals surface area contributed by atoms with Gasteiger partial charge < -0.3 is 10.4 Å². The summed E-state index contributed by atoms with van der Waals surface area (Å²) in [4.78, 5) is 36.3. The molecule has 2 rings (SSSR count). The second-order valence-corrected chi connectivity index (χ2v) is 5.60. The fraction of sp³-hybridized carbons (Fsp3) is 0.438. The molecule has 1 aromatic carbocycles. The van der Waals surface area contributed by atoms with Gasteiger partial charge in [-0.15, -0.1) is 0 Å². The average molecular weight is 304 g/mol. The molecule has 1 fully saturated rings. The Morgan fingerprint density at radius 2 is 2.14 bits per heavy atom. The Hall–Kier alpha value is -2.21. The highest BCUT2D eigenvalue weighted by Crippen LogP contribution is 2.18. The minimum Gasteiger partial charge on any atom is -0.481 e. The first-order chi connectivity index (χ1) is 10.5. The topological polar surface area (TPSA) is 86.7 Å². The third kappa shape index (κ3) is 4.39. The molecule has 0 aliphatic carbocycles. The first-order valence-electron chi connectivity index (χ1n) is 7.31. The van der Waals surface area contributed by atoms with Crippen LogP contribution >= 0.6 is 0 Å². The summed E-state index contributed by atoms with van der Waals surface area (Å²) in [6, 6.07) is 6.78. The smallest absolute Gasteiger partial charge is 0.307 e. The second kappa shape index (κ2) is 7.17. The summed E-state index contributed by atoms with van der Waals surface area (Å²) in [5.41, 5.74) is 1.10. The Morgan fingerprint density at radius 3 is 2.82 bits per heavy atom. The monoisotopic (exact) mass is 304 g/mol. The van der Waals surface area contributed by atoms with E-state index in [0.29, 0.717) is 24.2 Å². The Bertz CT molecular complexity index is 585. The minimum absolute atomic E-state index is 0.0711. The summed E-state index contributed by atoms with van der Waals surface area (Å²) < 4.78 is 0. The summed E-state index contributed by atoms with van der Waals surface area (Å²) in [5, 5.41) is 11.7. The minimum atomic E-state index is -0.801. The molecule has 6 nitrogen and oxygen atoms in total. The van der Waals surface area contributed by atoms with Crippen molar-refractivity contribution in [2.45, 2.75) is 19.8 Å². The van der Waals surface area contributed by atoms with Crippen molar-refractivity contribution in [2.24, 2.45) is 5.92 Å². The van der Waals surface area contributed by atoms with Gasteiger partial charge in [-0.05, 0) is 31.5 Å². The maximum absolute atomic E-state index is 12.3. The van der Waals surface area contributed by atoms with E-state index in [1.807, 2.05) is 4.90 Å². The molecule has 6 heteroatoms. The van der Waals surface area contributed by atoms with Crippen molar-refractivity contribution >= 4 is 23.3 Å². The summed E-state index contributed by atoms with van der Waals surface area (Å²) in [7, 11) is 0. The number of benzene rings is 1. The lowest BCUT2D eigenvalue weighted by Crippen LogP contribution is -2.41. The number of ketones is 1. The molecular formula is C16H20N2O4. The number of nitrogens with one attached hydrogen (secondary N) is 1. The normalized spacial score (nSPS) is 18.7. The highest BCUT2D eigenvalue weighted by Gasteiger charge is 2.26. The van der Waals surface area contributed by atoms with Crippen LogP contribution in [0.4, 0.5) is 5.69 Å². The van der Waals surface area contributed by atoms with Crippen LogP contribution in [-0.2, 0) is 9.59 Å². The van der Waals surface area contributed by atoms with Gasteiger partial charge in [0.05, 0.1) is 12.5 Å². The fourth-order valence-corrected chi connectivity index (χ4v) is 2.67. The number of piperidine rings is 1. The molecule has 22 heavy (non-hydrogen) atoms. The largest absolute Gasteiger partial charge is 0.481 e. The zero-order chi connectivity index (χ0) is 16.1. The number of rotatable bonds is 5. The molecule has 1 aliphatic rings. The number of carboxylic acid groups (broad SMARTS) is 1. The number of Topliss-reactive ketones (excluding diaryl/α,β-unsaturated/α-hetero) is 1. The van der Waals surface area contributed by atoms with Crippen molar-refractivity contribution in [2.75, 3.05) is 25.0 Å². The molecule has 0 saturated carbocycles. The van der Waals surface area contributed by atoms with Crippen LogP contribution in [0.15, 0.2) is 24.3 Å². The van der Waals surface area contributed by atoms with Gasteiger partial charge in [0.2, 0.25) is 5.91 Å². The van der Waals surface area contributed by atoms with Gasteiger partial charge in [0.1, 0.15) is 0 Å². The predicted molar refractivity (Wildman–Crippen MR) is 81.9 cm³/mol. The van der Waals surface area contributed by atoms with E-state index in [4.69, 9.17) is 5.11 Å². The number of aliphatic carboxylic acids is 1. The van der Waals surface area contributed by atoms with Crippen molar-refractivity contribution in [1.82, 2.24) is 4.90 Å². The summed E-state index contributed by atoms with van der Waals surface area (Å²) in [6.07, 6.45) is 1.45. The van der Waals surface area contributed by atoms with E-state index in [2.05, 4.69) is 5.32 Å². The van der Waals surface area contributed by atoms with Gasteiger partial charge in [-0.2, -0.15) is 0 Å². The molecule has 0 aromatic heterocycles. The lowest BCUT2D eigenvalue weighted by molar-refractivity contribution is -0.143. The fourth-order valence-electron chi connectivity index (χ4n) is 2.67. The van der Waals surface area contributed by atoms with Gasteiger partial charge in [-0.1, -0.05) is 12.1 Å². The first-order valence-corrected chi connectivity index (χ1v) is 7.31. The van der Waals surface area contributed by atoms with Crippen molar-refractivity contribution in [3.8, 4) is 0 Å². The molecular weight excluding hydrogens is 284 g/mol. The third-order valence-electron chi connectivity index (χ3n) is 3.73. The molecule has 1 atom stereocenters. The highest BCUT2D eigenvalue weighted by molar-refractivity contribution is 5.99. The Labute approximate surface area is 129 Å². The Morgan fingerprint density at radius 1 is 1.36 bits per heavy atom. The molecule has 1 unspecified atom stereocenters. The maximum Gasteiger partial charge on any atom is 0.307 e. The van der Waals surface area contributed by atoms with E-state index in [9.17, 15) is 14.4 Å². The lowest BCUT2D eigenvalue weighted by atomic mass is 9.97. The molecule has 1 amide bonds. The predicted octanol–water partition coefficient (Wildman–Crippen LogP) is 1.62. The summed E-state index contributed by atoms with van der Waals surface area (Å²) in [5.74, 6) is -1.46. The quantitative estimate of drug-likeness (QED) is 0.807. The summed E-state index contributed by atoms with van der Waals surface area (Å²) in [6.45, 7) is 2.76. The van der Waals surface area contributed by atoms with Crippen LogP contribution in [-0.4, -0.2) is 47.3 Å².